The second-order valence-corrected chi connectivity index (χ2v) is 8.92. The van der Waals surface area contributed by atoms with E-state index < -0.39 is 0 Å². The first-order valence-corrected chi connectivity index (χ1v) is 10.5. The van der Waals surface area contributed by atoms with Gasteiger partial charge in [0.25, 0.3) is 0 Å². The van der Waals surface area contributed by atoms with Crippen molar-refractivity contribution >= 4 is 5.69 Å². The first kappa shape index (κ1) is 18.3. The number of hydrogen-bond acceptors (Lipinski definition) is 4. The van der Waals surface area contributed by atoms with E-state index in [2.05, 4.69) is 60.2 Å². The molecular formula is C22H35N3O. The van der Waals surface area contributed by atoms with Crippen LogP contribution in [-0.4, -0.2) is 61.9 Å². The van der Waals surface area contributed by atoms with Crippen molar-refractivity contribution in [3.05, 3.63) is 29.8 Å². The molecule has 0 amide bonds. The fourth-order valence-electron chi connectivity index (χ4n) is 4.89. The van der Waals surface area contributed by atoms with Crippen LogP contribution >= 0.6 is 0 Å². The Kier molecular flexibility index (Phi) is 5.53. The molecule has 26 heavy (non-hydrogen) atoms. The number of nitrogens with one attached hydrogen (secondary N) is 1. The number of rotatable bonds is 4. The lowest BCUT2D eigenvalue weighted by atomic mass is 10.0. The number of morpholine rings is 1. The number of fused-ring (bicyclic) bond motifs is 1. The monoisotopic (exact) mass is 357 g/mol. The Bertz CT molecular complexity index is 597. The van der Waals surface area contributed by atoms with Crippen LogP contribution < -0.4 is 10.2 Å². The average molecular weight is 358 g/mol. The minimum atomic E-state index is 0.419. The van der Waals surface area contributed by atoms with E-state index in [4.69, 9.17) is 4.74 Å². The lowest BCUT2D eigenvalue weighted by Gasteiger charge is -2.37. The van der Waals surface area contributed by atoms with Gasteiger partial charge in [0.2, 0.25) is 0 Å². The minimum Gasteiger partial charge on any atom is -0.375 e. The molecule has 0 aromatic heterocycles. The second-order valence-electron chi connectivity index (χ2n) is 8.92. The van der Waals surface area contributed by atoms with Crippen LogP contribution in [0.2, 0.25) is 0 Å². The molecule has 1 aromatic rings. The molecule has 0 radical (unpaired) electrons. The van der Waals surface area contributed by atoms with E-state index in [0.29, 0.717) is 30.1 Å². The van der Waals surface area contributed by atoms with Crippen molar-refractivity contribution < 1.29 is 4.74 Å². The Morgan fingerprint density at radius 2 is 1.92 bits per heavy atom. The molecule has 3 heterocycles. The highest BCUT2D eigenvalue weighted by atomic mass is 16.5. The number of ether oxygens (including phenoxy) is 1. The fourth-order valence-corrected chi connectivity index (χ4v) is 4.89. The Hall–Kier alpha value is -1.10. The smallest absolute Gasteiger partial charge is 0.0725 e. The maximum atomic E-state index is 6.09. The van der Waals surface area contributed by atoms with Crippen LogP contribution in [-0.2, 0) is 4.74 Å². The van der Waals surface area contributed by atoms with Gasteiger partial charge in [-0.3, -0.25) is 4.90 Å². The van der Waals surface area contributed by atoms with Crippen LogP contribution in [0.5, 0.6) is 0 Å². The first-order chi connectivity index (χ1) is 12.6. The molecule has 3 saturated heterocycles. The average Bonchev–Trinajstić information content (AvgIpc) is 3.03. The molecule has 3 atom stereocenters. The van der Waals surface area contributed by atoms with Crippen molar-refractivity contribution in [1.82, 2.24) is 10.2 Å². The topological polar surface area (TPSA) is 27.7 Å². The zero-order valence-electron chi connectivity index (χ0n) is 16.7. The molecule has 4 nitrogen and oxygen atoms in total. The van der Waals surface area contributed by atoms with Gasteiger partial charge in [0.15, 0.2) is 0 Å². The third kappa shape index (κ3) is 4.08. The molecule has 4 heteroatoms. The van der Waals surface area contributed by atoms with Crippen molar-refractivity contribution in [3.8, 4) is 0 Å². The molecule has 3 aliphatic heterocycles. The molecule has 4 rings (SSSR count). The quantitative estimate of drug-likeness (QED) is 0.896. The van der Waals surface area contributed by atoms with E-state index in [0.717, 1.165) is 13.2 Å². The van der Waals surface area contributed by atoms with Crippen LogP contribution in [0.25, 0.3) is 0 Å². The highest BCUT2D eigenvalue weighted by Crippen LogP contribution is 2.27. The normalized spacial score (nSPS) is 30.8. The Labute approximate surface area is 158 Å². The third-order valence-electron chi connectivity index (χ3n) is 6.52. The van der Waals surface area contributed by atoms with Crippen molar-refractivity contribution in [2.45, 2.75) is 64.3 Å². The summed E-state index contributed by atoms with van der Waals surface area (Å²) < 4.78 is 6.09. The van der Waals surface area contributed by atoms with Gasteiger partial charge in [-0.2, -0.15) is 0 Å². The Balaban J connectivity index is 1.25. The highest BCUT2D eigenvalue weighted by molar-refractivity contribution is 5.48. The molecule has 0 aliphatic carbocycles. The molecule has 0 bridgehead atoms. The molecule has 3 aliphatic rings. The maximum Gasteiger partial charge on any atom is 0.0725 e. The molecule has 1 aromatic carbocycles. The van der Waals surface area contributed by atoms with Gasteiger partial charge in [-0.15, -0.1) is 0 Å². The van der Waals surface area contributed by atoms with Gasteiger partial charge in [-0.05, 0) is 49.8 Å². The predicted octanol–water partition coefficient (Wildman–Crippen LogP) is 3.05. The summed E-state index contributed by atoms with van der Waals surface area (Å²) in [5.41, 5.74) is 2.74. The van der Waals surface area contributed by atoms with E-state index in [1.807, 2.05) is 0 Å². The van der Waals surface area contributed by atoms with Crippen LogP contribution in [0, 0.1) is 12.8 Å². The molecular weight excluding hydrogens is 322 g/mol. The highest BCUT2D eigenvalue weighted by Gasteiger charge is 2.38. The largest absolute Gasteiger partial charge is 0.375 e. The van der Waals surface area contributed by atoms with Crippen LogP contribution in [0.15, 0.2) is 24.3 Å². The number of aryl methyl sites for hydroxylation is 1. The Morgan fingerprint density at radius 3 is 2.65 bits per heavy atom. The van der Waals surface area contributed by atoms with E-state index in [1.165, 1.54) is 50.1 Å². The number of piperidine rings is 1. The predicted molar refractivity (Wildman–Crippen MR) is 108 cm³/mol. The van der Waals surface area contributed by atoms with Gasteiger partial charge in [0.05, 0.1) is 12.7 Å². The van der Waals surface area contributed by atoms with Gasteiger partial charge in [0, 0.05) is 50.0 Å². The summed E-state index contributed by atoms with van der Waals surface area (Å²) in [4.78, 5) is 5.22. The summed E-state index contributed by atoms with van der Waals surface area (Å²) in [5, 5.41) is 3.98. The number of nitrogens with zero attached hydrogens (tertiary/aromatic N) is 2. The standard InChI is InChI=1S/C22H35N3O/c1-16(2)22-14-25-13-19(12-21(25)15-26-22)23-18-7-9-24(10-8-18)20-6-4-5-17(3)11-20/h4-6,11,16,18-19,21-23H,7-10,12-15H2,1-3H3/t19-,21+,22-/m1/s1. The van der Waals surface area contributed by atoms with E-state index in [9.17, 15) is 0 Å². The summed E-state index contributed by atoms with van der Waals surface area (Å²) >= 11 is 0. The molecule has 0 unspecified atom stereocenters. The molecule has 0 saturated carbocycles. The molecule has 3 fully saturated rings. The fraction of sp³-hybridized carbons (Fsp3) is 0.727. The summed E-state index contributed by atoms with van der Waals surface area (Å²) in [6.07, 6.45) is 4.17. The summed E-state index contributed by atoms with van der Waals surface area (Å²) in [7, 11) is 0. The number of anilines is 1. The van der Waals surface area contributed by atoms with Gasteiger partial charge >= 0.3 is 0 Å². The van der Waals surface area contributed by atoms with Crippen LogP contribution in [0.1, 0.15) is 38.7 Å². The van der Waals surface area contributed by atoms with Crippen molar-refractivity contribution in [3.63, 3.8) is 0 Å². The van der Waals surface area contributed by atoms with E-state index in [1.54, 1.807) is 0 Å². The second kappa shape index (κ2) is 7.87. The van der Waals surface area contributed by atoms with Gasteiger partial charge in [-0.1, -0.05) is 26.0 Å². The first-order valence-electron chi connectivity index (χ1n) is 10.5. The molecule has 1 N–H and O–H groups in total. The molecule has 144 valence electrons. The van der Waals surface area contributed by atoms with Crippen molar-refractivity contribution in [2.75, 3.05) is 37.7 Å². The maximum absolute atomic E-state index is 6.09. The number of hydrogen-bond donors (Lipinski definition) is 1. The number of benzene rings is 1. The zero-order valence-corrected chi connectivity index (χ0v) is 16.7. The molecule has 0 spiro atoms. The van der Waals surface area contributed by atoms with Gasteiger partial charge < -0.3 is 15.0 Å². The Morgan fingerprint density at radius 1 is 1.12 bits per heavy atom. The van der Waals surface area contributed by atoms with Gasteiger partial charge in [0.1, 0.15) is 0 Å². The summed E-state index contributed by atoms with van der Waals surface area (Å²) in [6.45, 7) is 12.3. The van der Waals surface area contributed by atoms with Gasteiger partial charge in [-0.25, -0.2) is 0 Å². The van der Waals surface area contributed by atoms with E-state index in [-0.39, 0.29) is 0 Å². The van der Waals surface area contributed by atoms with Crippen molar-refractivity contribution in [1.29, 1.82) is 0 Å². The summed E-state index contributed by atoms with van der Waals surface area (Å²) in [6, 6.07) is 10.9. The SMILES string of the molecule is Cc1cccc(N2CCC(N[C@@H]3C[C@H]4CO[C@@H](C(C)C)CN4C3)CC2)c1. The van der Waals surface area contributed by atoms with Crippen molar-refractivity contribution in [2.24, 2.45) is 5.92 Å². The van der Waals surface area contributed by atoms with E-state index >= 15 is 0 Å². The van der Waals surface area contributed by atoms with Crippen LogP contribution in [0.4, 0.5) is 5.69 Å². The van der Waals surface area contributed by atoms with Crippen LogP contribution in [0.3, 0.4) is 0 Å². The summed E-state index contributed by atoms with van der Waals surface area (Å²) in [5.74, 6) is 0.619. The lowest BCUT2D eigenvalue weighted by molar-refractivity contribution is -0.0683. The lowest BCUT2D eigenvalue weighted by Crippen LogP contribution is -2.49. The zero-order chi connectivity index (χ0) is 18.1. The third-order valence-corrected chi connectivity index (χ3v) is 6.52. The minimum absolute atomic E-state index is 0.419.